The zero-order chi connectivity index (χ0) is 18.4. The second-order valence-corrected chi connectivity index (χ2v) is 6.20. The maximum Gasteiger partial charge on any atom is 0.266 e. The summed E-state index contributed by atoms with van der Waals surface area (Å²) in [5.41, 5.74) is 0.578. The van der Waals surface area contributed by atoms with Crippen LogP contribution in [0.25, 0.3) is 6.08 Å². The molecule has 0 spiro atoms. The molecular weight excluding hydrogens is 408 g/mol. The molecular formula is C18H14BrClN2O3. The van der Waals surface area contributed by atoms with Gasteiger partial charge >= 0.3 is 0 Å². The Labute approximate surface area is 158 Å². The van der Waals surface area contributed by atoms with Crippen LogP contribution in [-0.2, 0) is 4.79 Å². The first-order valence-corrected chi connectivity index (χ1v) is 8.45. The number of carbonyl (C=O) groups excluding carboxylic acids is 1. The number of anilines is 1. The number of hydrogen-bond donors (Lipinski definition) is 2. The summed E-state index contributed by atoms with van der Waals surface area (Å²) in [6.45, 7) is 2.36. The Morgan fingerprint density at radius 1 is 1.44 bits per heavy atom. The van der Waals surface area contributed by atoms with Gasteiger partial charge in [-0.15, -0.1) is 0 Å². The Bertz CT molecular complexity index is 875. The van der Waals surface area contributed by atoms with Crippen molar-refractivity contribution in [2.45, 2.75) is 6.92 Å². The number of nitrogens with zero attached hydrogens (tertiary/aromatic N) is 1. The number of carbonyl (C=O) groups is 1. The lowest BCUT2D eigenvalue weighted by atomic mass is 10.1. The number of amides is 1. The minimum absolute atomic E-state index is 0.108. The zero-order valence-corrected chi connectivity index (χ0v) is 15.6. The summed E-state index contributed by atoms with van der Waals surface area (Å²) in [5.74, 6) is -0.103. The lowest BCUT2D eigenvalue weighted by Gasteiger charge is -2.08. The van der Waals surface area contributed by atoms with Gasteiger partial charge in [-0.2, -0.15) is 5.26 Å². The van der Waals surface area contributed by atoms with E-state index in [0.29, 0.717) is 27.5 Å². The first-order chi connectivity index (χ1) is 11.9. The normalized spacial score (nSPS) is 10.9. The number of halogens is 2. The van der Waals surface area contributed by atoms with Crippen LogP contribution in [0, 0.1) is 11.3 Å². The largest absolute Gasteiger partial charge is 0.506 e. The predicted octanol–water partition coefficient (Wildman–Crippen LogP) is 4.75. The predicted molar refractivity (Wildman–Crippen MR) is 101 cm³/mol. The van der Waals surface area contributed by atoms with Gasteiger partial charge in [0.15, 0.2) is 0 Å². The number of rotatable bonds is 5. The molecule has 5 nitrogen and oxygen atoms in total. The molecule has 0 heterocycles. The van der Waals surface area contributed by atoms with E-state index < -0.39 is 5.91 Å². The number of benzene rings is 2. The van der Waals surface area contributed by atoms with Gasteiger partial charge in [0.25, 0.3) is 5.91 Å². The standard InChI is InChI=1S/C18H14BrClN2O3/c1-2-25-15-5-3-4-14(9-15)22-18(24)12(10-21)6-11-7-13(20)8-16(19)17(11)23/h3-9,23H,2H2,1H3,(H,22,24)/b12-6-. The fraction of sp³-hybridized carbons (Fsp3) is 0.111. The second-order valence-electron chi connectivity index (χ2n) is 4.91. The van der Waals surface area contributed by atoms with Crippen molar-refractivity contribution in [3.05, 3.63) is 57.0 Å². The quantitative estimate of drug-likeness (QED) is 0.539. The summed E-state index contributed by atoms with van der Waals surface area (Å²) in [6, 6.07) is 11.6. The molecule has 128 valence electrons. The third kappa shape index (κ3) is 4.99. The van der Waals surface area contributed by atoms with Crippen LogP contribution < -0.4 is 10.1 Å². The Morgan fingerprint density at radius 2 is 2.20 bits per heavy atom. The van der Waals surface area contributed by atoms with Crippen molar-refractivity contribution < 1.29 is 14.6 Å². The Kier molecular flexibility index (Phi) is 6.45. The molecule has 0 atom stereocenters. The molecule has 2 N–H and O–H groups in total. The van der Waals surface area contributed by atoms with Crippen molar-refractivity contribution in [1.29, 1.82) is 5.26 Å². The van der Waals surface area contributed by atoms with Crippen molar-refractivity contribution in [3.8, 4) is 17.6 Å². The molecule has 0 saturated carbocycles. The summed E-state index contributed by atoms with van der Waals surface area (Å²) in [4.78, 5) is 12.3. The third-order valence-electron chi connectivity index (χ3n) is 3.13. The fourth-order valence-electron chi connectivity index (χ4n) is 2.03. The van der Waals surface area contributed by atoms with Gasteiger partial charge in [0, 0.05) is 22.3 Å². The van der Waals surface area contributed by atoms with Gasteiger partial charge in [-0.1, -0.05) is 17.7 Å². The molecule has 0 aliphatic heterocycles. The average molecular weight is 422 g/mol. The van der Waals surface area contributed by atoms with Crippen LogP contribution in [0.1, 0.15) is 12.5 Å². The number of nitriles is 1. The van der Waals surface area contributed by atoms with E-state index in [1.165, 1.54) is 18.2 Å². The van der Waals surface area contributed by atoms with Crippen LogP contribution in [0.4, 0.5) is 5.69 Å². The smallest absolute Gasteiger partial charge is 0.266 e. The van der Waals surface area contributed by atoms with E-state index in [4.69, 9.17) is 16.3 Å². The van der Waals surface area contributed by atoms with E-state index >= 15 is 0 Å². The minimum Gasteiger partial charge on any atom is -0.506 e. The van der Waals surface area contributed by atoms with Crippen molar-refractivity contribution in [2.75, 3.05) is 11.9 Å². The van der Waals surface area contributed by atoms with Gasteiger partial charge in [0.1, 0.15) is 23.1 Å². The highest BCUT2D eigenvalue weighted by molar-refractivity contribution is 9.10. The van der Waals surface area contributed by atoms with Gasteiger partial charge in [0.05, 0.1) is 11.1 Å². The summed E-state index contributed by atoms with van der Waals surface area (Å²) in [7, 11) is 0. The maximum atomic E-state index is 12.3. The lowest BCUT2D eigenvalue weighted by molar-refractivity contribution is -0.112. The number of phenolic OH excluding ortho intramolecular Hbond substituents is 1. The molecule has 2 rings (SSSR count). The number of aromatic hydroxyl groups is 1. The molecule has 0 unspecified atom stereocenters. The molecule has 25 heavy (non-hydrogen) atoms. The van der Waals surface area contributed by atoms with Gasteiger partial charge in [-0.25, -0.2) is 0 Å². The van der Waals surface area contributed by atoms with E-state index in [2.05, 4.69) is 21.2 Å². The van der Waals surface area contributed by atoms with Crippen molar-refractivity contribution in [3.63, 3.8) is 0 Å². The van der Waals surface area contributed by atoms with E-state index in [9.17, 15) is 15.2 Å². The summed E-state index contributed by atoms with van der Waals surface area (Å²) < 4.78 is 5.74. The fourth-order valence-corrected chi connectivity index (χ4v) is 2.86. The van der Waals surface area contributed by atoms with Gasteiger partial charge in [-0.05, 0) is 53.2 Å². The van der Waals surface area contributed by atoms with Crippen LogP contribution in [0.2, 0.25) is 5.02 Å². The van der Waals surface area contributed by atoms with E-state index in [0.717, 1.165) is 0 Å². The number of ether oxygens (including phenoxy) is 1. The van der Waals surface area contributed by atoms with Gasteiger partial charge < -0.3 is 15.2 Å². The van der Waals surface area contributed by atoms with Gasteiger partial charge in [-0.3, -0.25) is 4.79 Å². The van der Waals surface area contributed by atoms with E-state index in [1.807, 2.05) is 13.0 Å². The highest BCUT2D eigenvalue weighted by atomic mass is 79.9. The highest BCUT2D eigenvalue weighted by Gasteiger charge is 2.13. The van der Waals surface area contributed by atoms with Crippen molar-refractivity contribution in [2.24, 2.45) is 0 Å². The van der Waals surface area contributed by atoms with Crippen LogP contribution in [-0.4, -0.2) is 17.6 Å². The Morgan fingerprint density at radius 3 is 2.88 bits per heavy atom. The molecule has 2 aromatic rings. The van der Waals surface area contributed by atoms with Crippen LogP contribution in [0.15, 0.2) is 46.4 Å². The third-order valence-corrected chi connectivity index (χ3v) is 3.95. The topological polar surface area (TPSA) is 82.3 Å². The van der Waals surface area contributed by atoms with Crippen molar-refractivity contribution in [1.82, 2.24) is 0 Å². The summed E-state index contributed by atoms with van der Waals surface area (Å²) in [5, 5.41) is 22.3. The molecule has 0 aliphatic carbocycles. The molecule has 1 amide bonds. The molecule has 0 fully saturated rings. The lowest BCUT2D eigenvalue weighted by Crippen LogP contribution is -2.13. The first kappa shape index (κ1) is 18.8. The number of hydrogen-bond acceptors (Lipinski definition) is 4. The monoisotopic (exact) mass is 420 g/mol. The zero-order valence-electron chi connectivity index (χ0n) is 13.2. The van der Waals surface area contributed by atoms with Crippen LogP contribution in [0.5, 0.6) is 11.5 Å². The molecule has 0 saturated heterocycles. The number of nitrogens with one attached hydrogen (secondary N) is 1. The Hall–Kier alpha value is -2.49. The molecule has 7 heteroatoms. The first-order valence-electron chi connectivity index (χ1n) is 7.28. The van der Waals surface area contributed by atoms with Crippen LogP contribution >= 0.6 is 27.5 Å². The summed E-state index contributed by atoms with van der Waals surface area (Å²) in [6.07, 6.45) is 1.27. The highest BCUT2D eigenvalue weighted by Crippen LogP contribution is 2.33. The number of phenols is 1. The average Bonchev–Trinajstić information content (AvgIpc) is 2.57. The minimum atomic E-state index is -0.605. The van der Waals surface area contributed by atoms with Crippen LogP contribution in [0.3, 0.4) is 0 Å². The van der Waals surface area contributed by atoms with Gasteiger partial charge in [0.2, 0.25) is 0 Å². The molecule has 0 aromatic heterocycles. The molecule has 0 bridgehead atoms. The van der Waals surface area contributed by atoms with E-state index in [1.54, 1.807) is 24.3 Å². The summed E-state index contributed by atoms with van der Waals surface area (Å²) >= 11 is 9.10. The SMILES string of the molecule is CCOc1cccc(NC(=O)/C(C#N)=C\c2cc(Cl)cc(Br)c2O)c1. The molecule has 2 aromatic carbocycles. The molecule has 0 radical (unpaired) electrons. The second kappa shape index (κ2) is 8.56. The molecule has 0 aliphatic rings. The Balaban J connectivity index is 2.28. The maximum absolute atomic E-state index is 12.3. The van der Waals surface area contributed by atoms with Crippen molar-refractivity contribution >= 4 is 45.2 Å². The van der Waals surface area contributed by atoms with E-state index in [-0.39, 0.29) is 16.9 Å².